The summed E-state index contributed by atoms with van der Waals surface area (Å²) in [4.78, 5) is 14.2. The zero-order valence-electron chi connectivity index (χ0n) is 11.7. The van der Waals surface area contributed by atoms with Crippen LogP contribution in [0.15, 0.2) is 0 Å². The van der Waals surface area contributed by atoms with Gasteiger partial charge in [0.25, 0.3) is 0 Å². The third kappa shape index (κ3) is 3.95. The fraction of sp³-hybridized carbons (Fsp3) is 0.929. The minimum absolute atomic E-state index is 0.218. The van der Waals surface area contributed by atoms with Crippen LogP contribution in [0.4, 0.5) is 0 Å². The van der Waals surface area contributed by atoms with Crippen LogP contribution < -0.4 is 5.32 Å². The van der Waals surface area contributed by atoms with Crippen LogP contribution in [-0.4, -0.2) is 49.7 Å². The maximum Gasteiger partial charge on any atom is 0.224 e. The van der Waals surface area contributed by atoms with Crippen molar-refractivity contribution >= 4 is 5.91 Å². The Balaban J connectivity index is 1.73. The Hall–Kier alpha value is -0.610. The van der Waals surface area contributed by atoms with Crippen molar-refractivity contribution in [3.05, 3.63) is 0 Å². The molecule has 2 atom stereocenters. The summed E-state index contributed by atoms with van der Waals surface area (Å²) in [5, 5.41) is 3.34. The van der Waals surface area contributed by atoms with E-state index in [2.05, 4.69) is 19.2 Å². The minimum Gasteiger partial charge on any atom is -0.378 e. The molecule has 0 spiro atoms. The van der Waals surface area contributed by atoms with Crippen LogP contribution in [0.25, 0.3) is 0 Å². The molecule has 0 aromatic carbocycles. The van der Waals surface area contributed by atoms with Gasteiger partial charge in [0.2, 0.25) is 5.91 Å². The number of hydrogen-bond acceptors (Lipinski definition) is 3. The van der Waals surface area contributed by atoms with E-state index in [0.29, 0.717) is 24.9 Å². The van der Waals surface area contributed by atoms with Crippen LogP contribution in [0.3, 0.4) is 0 Å². The van der Waals surface area contributed by atoms with Gasteiger partial charge in [0.15, 0.2) is 0 Å². The van der Waals surface area contributed by atoms with Crippen LogP contribution in [0.1, 0.15) is 33.1 Å². The van der Waals surface area contributed by atoms with Crippen molar-refractivity contribution in [3.63, 3.8) is 0 Å². The van der Waals surface area contributed by atoms with Crippen molar-refractivity contribution in [2.75, 3.05) is 32.8 Å². The molecule has 18 heavy (non-hydrogen) atoms. The lowest BCUT2D eigenvalue weighted by molar-refractivity contribution is -0.131. The molecule has 0 saturated carbocycles. The number of rotatable bonds is 4. The number of amides is 1. The molecule has 2 unspecified atom stereocenters. The summed E-state index contributed by atoms with van der Waals surface area (Å²) in [7, 11) is 0. The van der Waals surface area contributed by atoms with Crippen LogP contribution in [0.2, 0.25) is 0 Å². The summed E-state index contributed by atoms with van der Waals surface area (Å²) < 4.78 is 5.39. The zero-order chi connectivity index (χ0) is 13.0. The largest absolute Gasteiger partial charge is 0.378 e. The van der Waals surface area contributed by atoms with E-state index in [4.69, 9.17) is 4.74 Å². The standard InChI is InChI=1S/C14H26N2O2/c1-11(2)7-12-3-5-16(9-12)14(17)8-13-10-18-6-4-15-13/h11-13,15H,3-10H2,1-2H3. The molecule has 0 aromatic rings. The van der Waals surface area contributed by atoms with Gasteiger partial charge in [-0.2, -0.15) is 0 Å². The molecule has 0 aliphatic carbocycles. The summed E-state index contributed by atoms with van der Waals surface area (Å²) in [5.74, 6) is 1.74. The second kappa shape index (κ2) is 6.53. The number of carbonyl (C=O) groups is 1. The first kappa shape index (κ1) is 13.8. The predicted molar refractivity (Wildman–Crippen MR) is 71.4 cm³/mol. The van der Waals surface area contributed by atoms with Crippen molar-refractivity contribution in [1.29, 1.82) is 0 Å². The molecule has 0 aromatic heterocycles. The van der Waals surface area contributed by atoms with E-state index in [9.17, 15) is 4.79 Å². The highest BCUT2D eigenvalue weighted by Gasteiger charge is 2.28. The fourth-order valence-electron chi connectivity index (χ4n) is 3.01. The average molecular weight is 254 g/mol. The van der Waals surface area contributed by atoms with E-state index in [0.717, 1.165) is 32.2 Å². The summed E-state index contributed by atoms with van der Waals surface area (Å²) in [6.45, 7) is 8.74. The Labute approximate surface area is 110 Å². The Morgan fingerprint density at radius 1 is 1.50 bits per heavy atom. The molecular formula is C14H26N2O2. The van der Waals surface area contributed by atoms with E-state index in [-0.39, 0.29) is 6.04 Å². The van der Waals surface area contributed by atoms with Crippen LogP contribution >= 0.6 is 0 Å². The maximum absolute atomic E-state index is 12.2. The number of likely N-dealkylation sites (tertiary alicyclic amines) is 1. The maximum atomic E-state index is 12.2. The lowest BCUT2D eigenvalue weighted by atomic mass is 9.97. The van der Waals surface area contributed by atoms with Crippen LogP contribution in [0, 0.1) is 11.8 Å². The number of ether oxygens (including phenoxy) is 1. The summed E-state index contributed by atoms with van der Waals surface area (Å²) in [5.41, 5.74) is 0. The number of hydrogen-bond donors (Lipinski definition) is 1. The molecule has 1 N–H and O–H groups in total. The second-order valence-corrected chi connectivity index (χ2v) is 6.05. The molecule has 4 nitrogen and oxygen atoms in total. The summed E-state index contributed by atoms with van der Waals surface area (Å²) in [6, 6.07) is 0.218. The van der Waals surface area contributed by atoms with Gasteiger partial charge in [0, 0.05) is 32.1 Å². The molecule has 2 aliphatic heterocycles. The smallest absolute Gasteiger partial charge is 0.224 e. The van der Waals surface area contributed by atoms with Crippen molar-refractivity contribution in [3.8, 4) is 0 Å². The molecule has 4 heteroatoms. The number of nitrogens with one attached hydrogen (secondary N) is 1. The Morgan fingerprint density at radius 2 is 2.33 bits per heavy atom. The predicted octanol–water partition coefficient (Wildman–Crippen LogP) is 1.26. The van der Waals surface area contributed by atoms with Gasteiger partial charge < -0.3 is 15.0 Å². The monoisotopic (exact) mass is 254 g/mol. The van der Waals surface area contributed by atoms with E-state index in [1.165, 1.54) is 12.8 Å². The molecule has 2 fully saturated rings. The van der Waals surface area contributed by atoms with Gasteiger partial charge >= 0.3 is 0 Å². The van der Waals surface area contributed by atoms with Gasteiger partial charge in [-0.15, -0.1) is 0 Å². The van der Waals surface area contributed by atoms with Gasteiger partial charge in [-0.3, -0.25) is 4.79 Å². The third-order valence-corrected chi connectivity index (χ3v) is 3.86. The van der Waals surface area contributed by atoms with E-state index in [1.807, 2.05) is 4.90 Å². The van der Waals surface area contributed by atoms with E-state index < -0.39 is 0 Å². The third-order valence-electron chi connectivity index (χ3n) is 3.86. The molecule has 2 heterocycles. The van der Waals surface area contributed by atoms with Crippen LogP contribution in [0.5, 0.6) is 0 Å². The van der Waals surface area contributed by atoms with E-state index >= 15 is 0 Å². The molecule has 104 valence electrons. The SMILES string of the molecule is CC(C)CC1CCN(C(=O)CC2COCCN2)C1. The molecule has 2 rings (SSSR count). The Morgan fingerprint density at radius 3 is 3.00 bits per heavy atom. The Bertz CT molecular complexity index is 275. The van der Waals surface area contributed by atoms with Gasteiger partial charge in [-0.1, -0.05) is 13.8 Å². The second-order valence-electron chi connectivity index (χ2n) is 6.05. The van der Waals surface area contributed by atoms with Gasteiger partial charge in [-0.05, 0) is 24.7 Å². The Kier molecular flexibility index (Phi) is 5.01. The van der Waals surface area contributed by atoms with Crippen molar-refractivity contribution < 1.29 is 9.53 Å². The lowest BCUT2D eigenvalue weighted by Gasteiger charge is -2.25. The highest BCUT2D eigenvalue weighted by atomic mass is 16.5. The molecular weight excluding hydrogens is 228 g/mol. The van der Waals surface area contributed by atoms with Gasteiger partial charge in [0.1, 0.15) is 0 Å². The van der Waals surface area contributed by atoms with E-state index in [1.54, 1.807) is 0 Å². The van der Waals surface area contributed by atoms with Crippen molar-refractivity contribution in [2.45, 2.75) is 39.2 Å². The first-order valence-corrected chi connectivity index (χ1v) is 7.24. The van der Waals surface area contributed by atoms with Gasteiger partial charge in [0.05, 0.1) is 13.2 Å². The van der Waals surface area contributed by atoms with Crippen molar-refractivity contribution in [2.24, 2.45) is 11.8 Å². The number of nitrogens with zero attached hydrogens (tertiary/aromatic N) is 1. The zero-order valence-corrected chi connectivity index (χ0v) is 11.7. The van der Waals surface area contributed by atoms with Crippen molar-refractivity contribution in [1.82, 2.24) is 10.2 Å². The summed E-state index contributed by atoms with van der Waals surface area (Å²) in [6.07, 6.45) is 3.02. The molecule has 0 radical (unpaired) electrons. The average Bonchev–Trinajstić information content (AvgIpc) is 2.78. The quantitative estimate of drug-likeness (QED) is 0.821. The molecule has 2 saturated heterocycles. The molecule has 0 bridgehead atoms. The lowest BCUT2D eigenvalue weighted by Crippen LogP contribution is -2.44. The highest BCUT2D eigenvalue weighted by Crippen LogP contribution is 2.23. The first-order chi connectivity index (χ1) is 8.65. The fourth-order valence-corrected chi connectivity index (χ4v) is 3.01. The normalized spacial score (nSPS) is 28.9. The number of carbonyl (C=O) groups excluding carboxylic acids is 1. The van der Waals surface area contributed by atoms with Crippen LogP contribution in [-0.2, 0) is 9.53 Å². The molecule has 2 aliphatic rings. The minimum atomic E-state index is 0.218. The molecule has 1 amide bonds. The highest BCUT2D eigenvalue weighted by molar-refractivity contribution is 5.77. The van der Waals surface area contributed by atoms with Gasteiger partial charge in [-0.25, -0.2) is 0 Å². The topological polar surface area (TPSA) is 41.6 Å². The number of morpholine rings is 1. The first-order valence-electron chi connectivity index (χ1n) is 7.24. The summed E-state index contributed by atoms with van der Waals surface area (Å²) >= 11 is 0.